The lowest BCUT2D eigenvalue weighted by Gasteiger charge is -2.12. The number of hydrogen-bond acceptors (Lipinski definition) is 5. The van der Waals surface area contributed by atoms with Gasteiger partial charge in [0.2, 0.25) is 11.8 Å². The minimum absolute atomic E-state index is 0.0971. The zero-order valence-electron chi connectivity index (χ0n) is 12.4. The van der Waals surface area contributed by atoms with Gasteiger partial charge in [0.15, 0.2) is 5.65 Å². The van der Waals surface area contributed by atoms with Crippen LogP contribution < -0.4 is 15.4 Å². The predicted molar refractivity (Wildman–Crippen MR) is 80.2 cm³/mol. The van der Waals surface area contributed by atoms with Crippen LogP contribution in [0.4, 0.5) is 10.7 Å². The summed E-state index contributed by atoms with van der Waals surface area (Å²) in [7, 11) is 0. The first-order valence-electron chi connectivity index (χ1n) is 7.41. The number of fused-ring (bicyclic) bond motifs is 1. The van der Waals surface area contributed by atoms with E-state index in [1.807, 2.05) is 13.0 Å². The highest BCUT2D eigenvalue weighted by Gasteiger charge is 2.17. The lowest BCUT2D eigenvalue weighted by molar-refractivity contribution is 0.112. The Kier molecular flexibility index (Phi) is 4.38. The molecule has 22 heavy (non-hydrogen) atoms. The number of nitrogens with zero attached hydrogens (tertiary/aromatic N) is 3. The Labute approximate surface area is 127 Å². The molecule has 1 atom stereocenters. The number of urea groups is 1. The summed E-state index contributed by atoms with van der Waals surface area (Å²) in [5.74, 6) is 0.906. The molecule has 118 valence electrons. The van der Waals surface area contributed by atoms with Crippen molar-refractivity contribution in [2.45, 2.75) is 25.9 Å². The zero-order chi connectivity index (χ0) is 15.4. The van der Waals surface area contributed by atoms with Crippen molar-refractivity contribution in [1.29, 1.82) is 0 Å². The third kappa shape index (κ3) is 3.11. The largest absolute Gasteiger partial charge is 0.479 e. The number of rotatable bonds is 5. The monoisotopic (exact) mass is 305 g/mol. The molecule has 0 spiro atoms. The van der Waals surface area contributed by atoms with E-state index in [-0.39, 0.29) is 12.1 Å². The summed E-state index contributed by atoms with van der Waals surface area (Å²) in [4.78, 5) is 12.0. The standard InChI is InChI=1S/C14H19N5O3/c1-2-21-12-7-3-6-11-17-18-13(19(11)12)16-14(20)15-9-10-5-4-8-22-10/h3,6-7,10H,2,4-5,8-9H2,1H3,(H2,15,16,18,20). The fourth-order valence-corrected chi connectivity index (χ4v) is 2.41. The zero-order valence-corrected chi connectivity index (χ0v) is 12.4. The molecule has 1 saturated heterocycles. The number of carbonyl (C=O) groups excluding carboxylic acids is 1. The van der Waals surface area contributed by atoms with Crippen molar-refractivity contribution >= 4 is 17.6 Å². The number of hydrogen-bond donors (Lipinski definition) is 2. The smallest absolute Gasteiger partial charge is 0.321 e. The van der Waals surface area contributed by atoms with Gasteiger partial charge in [-0.05, 0) is 31.9 Å². The second-order valence-electron chi connectivity index (χ2n) is 4.98. The summed E-state index contributed by atoms with van der Waals surface area (Å²) >= 11 is 0. The van der Waals surface area contributed by atoms with E-state index in [4.69, 9.17) is 9.47 Å². The van der Waals surface area contributed by atoms with Crippen LogP contribution in [0.5, 0.6) is 5.88 Å². The maximum Gasteiger partial charge on any atom is 0.321 e. The molecule has 1 unspecified atom stereocenters. The molecular weight excluding hydrogens is 286 g/mol. The first-order valence-corrected chi connectivity index (χ1v) is 7.41. The first kappa shape index (κ1) is 14.6. The Hall–Kier alpha value is -2.35. The summed E-state index contributed by atoms with van der Waals surface area (Å²) in [6.07, 6.45) is 2.11. The lowest BCUT2D eigenvalue weighted by Crippen LogP contribution is -2.35. The minimum Gasteiger partial charge on any atom is -0.479 e. The van der Waals surface area contributed by atoms with Crippen molar-refractivity contribution in [3.8, 4) is 5.88 Å². The van der Waals surface area contributed by atoms with E-state index in [1.54, 1.807) is 16.5 Å². The van der Waals surface area contributed by atoms with E-state index >= 15 is 0 Å². The van der Waals surface area contributed by atoms with Crippen LogP contribution in [0.15, 0.2) is 18.2 Å². The van der Waals surface area contributed by atoms with E-state index in [0.717, 1.165) is 19.4 Å². The summed E-state index contributed by atoms with van der Waals surface area (Å²) in [6.45, 7) is 3.66. The molecule has 0 aromatic carbocycles. The molecule has 3 rings (SSSR count). The molecule has 3 heterocycles. The Morgan fingerprint density at radius 2 is 2.41 bits per heavy atom. The summed E-state index contributed by atoms with van der Waals surface area (Å²) < 4.78 is 12.7. The van der Waals surface area contributed by atoms with E-state index in [9.17, 15) is 4.79 Å². The minimum atomic E-state index is -0.337. The van der Waals surface area contributed by atoms with Crippen molar-refractivity contribution in [3.05, 3.63) is 18.2 Å². The molecule has 1 aliphatic heterocycles. The molecule has 0 bridgehead atoms. The van der Waals surface area contributed by atoms with Gasteiger partial charge in [-0.2, -0.15) is 0 Å². The molecule has 2 aromatic rings. The molecule has 1 aliphatic rings. The van der Waals surface area contributed by atoms with E-state index in [1.165, 1.54) is 0 Å². The quantitative estimate of drug-likeness (QED) is 0.872. The van der Waals surface area contributed by atoms with Gasteiger partial charge in [0, 0.05) is 13.2 Å². The highest BCUT2D eigenvalue weighted by Crippen LogP contribution is 2.18. The van der Waals surface area contributed by atoms with Gasteiger partial charge in [-0.15, -0.1) is 10.2 Å². The topological polar surface area (TPSA) is 89.8 Å². The van der Waals surface area contributed by atoms with Crippen LogP contribution in [0.3, 0.4) is 0 Å². The fourth-order valence-electron chi connectivity index (χ4n) is 2.41. The van der Waals surface area contributed by atoms with Crippen LogP contribution in [0, 0.1) is 0 Å². The number of aromatic nitrogens is 3. The van der Waals surface area contributed by atoms with E-state index in [0.29, 0.717) is 30.6 Å². The Balaban J connectivity index is 1.68. The number of pyridine rings is 1. The Morgan fingerprint density at radius 3 is 3.18 bits per heavy atom. The lowest BCUT2D eigenvalue weighted by atomic mass is 10.2. The maximum absolute atomic E-state index is 12.0. The number of amides is 2. The van der Waals surface area contributed by atoms with Crippen LogP contribution >= 0.6 is 0 Å². The van der Waals surface area contributed by atoms with Gasteiger partial charge in [0.1, 0.15) is 0 Å². The van der Waals surface area contributed by atoms with E-state index in [2.05, 4.69) is 20.8 Å². The van der Waals surface area contributed by atoms with Gasteiger partial charge < -0.3 is 14.8 Å². The first-order chi connectivity index (χ1) is 10.8. The van der Waals surface area contributed by atoms with Gasteiger partial charge in [-0.3, -0.25) is 5.32 Å². The molecule has 8 heteroatoms. The molecule has 2 aromatic heterocycles. The second kappa shape index (κ2) is 6.61. The van der Waals surface area contributed by atoms with Crippen LogP contribution in [0.25, 0.3) is 5.65 Å². The average molecular weight is 305 g/mol. The van der Waals surface area contributed by atoms with Crippen LogP contribution in [-0.4, -0.2) is 46.5 Å². The fraction of sp³-hybridized carbons (Fsp3) is 0.500. The van der Waals surface area contributed by atoms with Crippen LogP contribution in [0.1, 0.15) is 19.8 Å². The van der Waals surface area contributed by atoms with Gasteiger partial charge in [0.25, 0.3) is 0 Å². The Bertz CT molecular complexity index is 651. The van der Waals surface area contributed by atoms with Gasteiger partial charge in [-0.25, -0.2) is 9.20 Å². The molecular formula is C14H19N5O3. The molecule has 0 radical (unpaired) electrons. The summed E-state index contributed by atoms with van der Waals surface area (Å²) in [5, 5.41) is 13.5. The predicted octanol–water partition coefficient (Wildman–Crippen LogP) is 1.43. The average Bonchev–Trinajstić information content (AvgIpc) is 3.16. The third-order valence-electron chi connectivity index (χ3n) is 3.42. The molecule has 0 saturated carbocycles. The Morgan fingerprint density at radius 1 is 1.50 bits per heavy atom. The number of ether oxygens (including phenoxy) is 2. The van der Waals surface area contributed by atoms with Gasteiger partial charge >= 0.3 is 6.03 Å². The molecule has 1 fully saturated rings. The van der Waals surface area contributed by atoms with Crippen molar-refractivity contribution in [2.75, 3.05) is 25.1 Å². The molecule has 2 N–H and O–H groups in total. The summed E-state index contributed by atoms with van der Waals surface area (Å²) in [6, 6.07) is 5.09. The van der Waals surface area contributed by atoms with Gasteiger partial charge in [0.05, 0.1) is 12.7 Å². The highest BCUT2D eigenvalue weighted by atomic mass is 16.5. The number of nitrogens with one attached hydrogen (secondary N) is 2. The van der Waals surface area contributed by atoms with Crippen molar-refractivity contribution in [3.63, 3.8) is 0 Å². The normalized spacial score (nSPS) is 17.6. The maximum atomic E-state index is 12.0. The highest BCUT2D eigenvalue weighted by molar-refractivity contribution is 5.87. The SMILES string of the molecule is CCOc1cccc2nnc(NC(=O)NCC3CCCO3)n12. The second-order valence-corrected chi connectivity index (χ2v) is 4.98. The molecule has 2 amide bonds. The van der Waals surface area contributed by atoms with E-state index < -0.39 is 0 Å². The molecule has 8 nitrogen and oxygen atoms in total. The van der Waals surface area contributed by atoms with Crippen molar-refractivity contribution in [2.24, 2.45) is 0 Å². The van der Waals surface area contributed by atoms with Crippen LogP contribution in [0.2, 0.25) is 0 Å². The van der Waals surface area contributed by atoms with Crippen LogP contribution in [-0.2, 0) is 4.74 Å². The van der Waals surface area contributed by atoms with Gasteiger partial charge in [-0.1, -0.05) is 6.07 Å². The summed E-state index contributed by atoms with van der Waals surface area (Å²) in [5.41, 5.74) is 0.611. The number of carbonyl (C=O) groups is 1. The van der Waals surface area contributed by atoms with Crippen molar-refractivity contribution in [1.82, 2.24) is 19.9 Å². The van der Waals surface area contributed by atoms with Crippen molar-refractivity contribution < 1.29 is 14.3 Å². The molecule has 0 aliphatic carbocycles. The third-order valence-corrected chi connectivity index (χ3v) is 3.42. The number of anilines is 1.